The third-order valence-corrected chi connectivity index (χ3v) is 4.84. The minimum absolute atomic E-state index is 0.253. The van der Waals surface area contributed by atoms with Crippen LogP contribution in [0.2, 0.25) is 5.02 Å². The SMILES string of the molecule is COc1ccc(NC(=O)C2(C)COC(c3c(F)c(F)c(F)c(F)c3F)OC2)cc1Cl. The molecule has 5 nitrogen and oxygen atoms in total. The Morgan fingerprint density at radius 1 is 1.07 bits per heavy atom. The maximum atomic E-state index is 13.9. The van der Waals surface area contributed by atoms with Crippen LogP contribution in [0, 0.1) is 34.5 Å². The van der Waals surface area contributed by atoms with E-state index in [9.17, 15) is 26.7 Å². The predicted molar refractivity (Wildman–Crippen MR) is 95.6 cm³/mol. The fourth-order valence-electron chi connectivity index (χ4n) is 2.76. The van der Waals surface area contributed by atoms with Crippen LogP contribution in [0.1, 0.15) is 18.8 Å². The highest BCUT2D eigenvalue weighted by Crippen LogP contribution is 2.37. The molecule has 1 fully saturated rings. The molecule has 0 aliphatic carbocycles. The number of ether oxygens (including phenoxy) is 3. The lowest BCUT2D eigenvalue weighted by Gasteiger charge is -2.36. The van der Waals surface area contributed by atoms with Crippen LogP contribution in [0.5, 0.6) is 5.75 Å². The van der Waals surface area contributed by atoms with Gasteiger partial charge in [-0.2, -0.15) is 0 Å². The van der Waals surface area contributed by atoms with Crippen molar-refractivity contribution in [2.45, 2.75) is 13.2 Å². The van der Waals surface area contributed by atoms with Crippen LogP contribution >= 0.6 is 11.6 Å². The number of halogens is 6. The number of methoxy groups -OCH3 is 1. The Hall–Kier alpha value is -2.43. The van der Waals surface area contributed by atoms with E-state index < -0.39 is 65.5 Å². The monoisotopic (exact) mass is 451 g/mol. The predicted octanol–water partition coefficient (Wildman–Crippen LogP) is 4.73. The summed E-state index contributed by atoms with van der Waals surface area (Å²) < 4.78 is 83.2. The highest BCUT2D eigenvalue weighted by molar-refractivity contribution is 6.32. The van der Waals surface area contributed by atoms with Gasteiger partial charge in [0.15, 0.2) is 29.6 Å². The van der Waals surface area contributed by atoms with Gasteiger partial charge < -0.3 is 19.5 Å². The zero-order chi connectivity index (χ0) is 22.2. The summed E-state index contributed by atoms with van der Waals surface area (Å²) in [5.41, 5.74) is -2.22. The summed E-state index contributed by atoms with van der Waals surface area (Å²) in [6.07, 6.45) is -1.87. The number of hydrogen-bond acceptors (Lipinski definition) is 4. The molecule has 2 aromatic carbocycles. The molecule has 0 unspecified atom stereocenters. The summed E-state index contributed by atoms with van der Waals surface area (Å²) in [5, 5.41) is 2.84. The molecule has 30 heavy (non-hydrogen) atoms. The summed E-state index contributed by atoms with van der Waals surface area (Å²) >= 11 is 6.00. The number of amides is 1. The molecule has 11 heteroatoms. The van der Waals surface area contributed by atoms with Gasteiger partial charge in [-0.3, -0.25) is 4.79 Å². The third kappa shape index (κ3) is 3.94. The Balaban J connectivity index is 1.74. The Bertz CT molecular complexity index is 966. The van der Waals surface area contributed by atoms with Crippen molar-refractivity contribution in [1.82, 2.24) is 0 Å². The quantitative estimate of drug-likeness (QED) is 0.415. The van der Waals surface area contributed by atoms with E-state index in [-0.39, 0.29) is 5.02 Å². The van der Waals surface area contributed by atoms with Gasteiger partial charge in [-0.05, 0) is 25.1 Å². The first-order valence-electron chi connectivity index (χ1n) is 8.48. The lowest BCUT2D eigenvalue weighted by molar-refractivity contribution is -0.228. The smallest absolute Gasteiger partial charge is 0.234 e. The second-order valence-corrected chi connectivity index (χ2v) is 7.21. The summed E-state index contributed by atoms with van der Waals surface area (Å²) in [5.74, 6) is -10.8. The van der Waals surface area contributed by atoms with Gasteiger partial charge in [-0.1, -0.05) is 11.6 Å². The van der Waals surface area contributed by atoms with Gasteiger partial charge in [-0.25, -0.2) is 22.0 Å². The first kappa shape index (κ1) is 22.3. The molecule has 0 spiro atoms. The largest absolute Gasteiger partial charge is 0.495 e. The van der Waals surface area contributed by atoms with Crippen molar-refractivity contribution in [3.05, 3.63) is 57.9 Å². The number of carbonyl (C=O) groups is 1. The van der Waals surface area contributed by atoms with E-state index in [4.69, 9.17) is 25.8 Å². The Morgan fingerprint density at radius 3 is 2.10 bits per heavy atom. The van der Waals surface area contributed by atoms with Gasteiger partial charge in [0.2, 0.25) is 11.7 Å². The van der Waals surface area contributed by atoms with Crippen LogP contribution in [0.4, 0.5) is 27.6 Å². The Morgan fingerprint density at radius 2 is 1.60 bits per heavy atom. The van der Waals surface area contributed by atoms with Gasteiger partial charge in [-0.15, -0.1) is 0 Å². The average molecular weight is 452 g/mol. The normalized spacial score (nSPS) is 21.4. The first-order valence-corrected chi connectivity index (χ1v) is 8.86. The minimum Gasteiger partial charge on any atom is -0.495 e. The molecule has 1 aliphatic rings. The summed E-state index contributed by atoms with van der Waals surface area (Å²) in [6, 6.07) is 4.52. The lowest BCUT2D eigenvalue weighted by Crippen LogP contribution is -2.46. The van der Waals surface area contributed by atoms with Crippen LogP contribution in [-0.4, -0.2) is 26.2 Å². The molecule has 3 rings (SSSR count). The molecular formula is C19H15ClF5NO4. The van der Waals surface area contributed by atoms with Gasteiger partial charge in [0.1, 0.15) is 5.75 Å². The van der Waals surface area contributed by atoms with Gasteiger partial charge in [0.05, 0.1) is 36.3 Å². The molecule has 162 valence electrons. The molecule has 0 aromatic heterocycles. The fourth-order valence-corrected chi connectivity index (χ4v) is 3.02. The second kappa shape index (κ2) is 8.37. The number of nitrogens with one attached hydrogen (secondary N) is 1. The van der Waals surface area contributed by atoms with E-state index in [1.807, 2.05) is 0 Å². The number of anilines is 1. The Labute approximate surface area is 172 Å². The average Bonchev–Trinajstić information content (AvgIpc) is 2.72. The molecule has 2 aromatic rings. The van der Waals surface area contributed by atoms with Crippen molar-refractivity contribution in [2.75, 3.05) is 25.6 Å². The molecular weight excluding hydrogens is 437 g/mol. The Kier molecular flexibility index (Phi) is 6.21. The molecule has 1 saturated heterocycles. The van der Waals surface area contributed by atoms with Crippen LogP contribution in [0.3, 0.4) is 0 Å². The van der Waals surface area contributed by atoms with Crippen LogP contribution in [0.25, 0.3) is 0 Å². The van der Waals surface area contributed by atoms with E-state index >= 15 is 0 Å². The van der Waals surface area contributed by atoms with E-state index in [1.165, 1.54) is 32.2 Å². The van der Waals surface area contributed by atoms with Crippen molar-refractivity contribution in [3.8, 4) is 5.75 Å². The zero-order valence-corrected chi connectivity index (χ0v) is 16.4. The van der Waals surface area contributed by atoms with Crippen LogP contribution in [-0.2, 0) is 14.3 Å². The second-order valence-electron chi connectivity index (χ2n) is 6.80. The maximum Gasteiger partial charge on any atom is 0.234 e. The summed E-state index contributed by atoms with van der Waals surface area (Å²) in [7, 11) is 1.43. The van der Waals surface area contributed by atoms with Gasteiger partial charge in [0.25, 0.3) is 0 Å². The number of rotatable bonds is 4. The lowest BCUT2D eigenvalue weighted by atomic mass is 9.90. The molecule has 1 heterocycles. The van der Waals surface area contributed by atoms with Gasteiger partial charge in [0, 0.05) is 5.69 Å². The first-order chi connectivity index (χ1) is 14.1. The number of benzene rings is 2. The van der Waals surface area contributed by atoms with Crippen molar-refractivity contribution in [1.29, 1.82) is 0 Å². The van der Waals surface area contributed by atoms with E-state index in [0.717, 1.165) is 0 Å². The molecule has 1 aliphatic heterocycles. The standard InChI is InChI=1S/C19H15ClF5NO4/c1-19(18(27)26-8-3-4-10(28-2)9(20)5-8)6-29-17(30-7-19)11-12(21)14(23)16(25)15(24)13(11)22/h3-5,17H,6-7H2,1-2H3,(H,26,27). The third-order valence-electron chi connectivity index (χ3n) is 4.54. The molecule has 1 N–H and O–H groups in total. The molecule has 0 saturated carbocycles. The van der Waals surface area contributed by atoms with E-state index in [0.29, 0.717) is 11.4 Å². The van der Waals surface area contributed by atoms with Crippen LogP contribution < -0.4 is 10.1 Å². The van der Waals surface area contributed by atoms with Crippen molar-refractivity contribution in [3.63, 3.8) is 0 Å². The topological polar surface area (TPSA) is 56.8 Å². The number of carbonyl (C=O) groups excluding carboxylic acids is 1. The number of hydrogen-bond donors (Lipinski definition) is 1. The summed E-state index contributed by atoms with van der Waals surface area (Å²) in [6.45, 7) is 0.627. The molecule has 0 bridgehead atoms. The molecule has 0 atom stereocenters. The van der Waals surface area contributed by atoms with Crippen molar-refractivity contribution >= 4 is 23.2 Å². The van der Waals surface area contributed by atoms with E-state index in [1.54, 1.807) is 0 Å². The minimum atomic E-state index is -2.29. The highest BCUT2D eigenvalue weighted by Gasteiger charge is 2.42. The zero-order valence-electron chi connectivity index (χ0n) is 15.6. The van der Waals surface area contributed by atoms with Gasteiger partial charge >= 0.3 is 0 Å². The molecule has 1 amide bonds. The van der Waals surface area contributed by atoms with Crippen molar-refractivity contribution in [2.24, 2.45) is 5.41 Å². The summed E-state index contributed by atoms with van der Waals surface area (Å²) in [4.78, 5) is 12.6. The maximum absolute atomic E-state index is 13.9. The van der Waals surface area contributed by atoms with Crippen molar-refractivity contribution < 1.29 is 41.0 Å². The highest BCUT2D eigenvalue weighted by atomic mass is 35.5. The molecule has 0 radical (unpaired) electrons. The van der Waals surface area contributed by atoms with E-state index in [2.05, 4.69) is 5.32 Å². The van der Waals surface area contributed by atoms with Crippen LogP contribution in [0.15, 0.2) is 18.2 Å². The fraction of sp³-hybridized carbons (Fsp3) is 0.316.